The van der Waals surface area contributed by atoms with Gasteiger partial charge in [-0.05, 0) is 26.7 Å². The molecule has 0 bridgehead atoms. The summed E-state index contributed by atoms with van der Waals surface area (Å²) in [5, 5.41) is 55.7. The summed E-state index contributed by atoms with van der Waals surface area (Å²) >= 11 is 0. The van der Waals surface area contributed by atoms with Crippen molar-refractivity contribution >= 4 is 5.91 Å². The number of allylic oxidation sites excluding steroid dienone is 1. The summed E-state index contributed by atoms with van der Waals surface area (Å²) < 4.78 is 17.6. The van der Waals surface area contributed by atoms with Crippen molar-refractivity contribution in [2.75, 3.05) is 19.8 Å². The van der Waals surface area contributed by atoms with Gasteiger partial charge in [0.1, 0.15) is 30.5 Å². The Hall–Kier alpha value is -1.11. The first-order valence-corrected chi connectivity index (χ1v) is 20.3. The third-order valence-electron chi connectivity index (χ3n) is 9.82. The molecule has 10 heteroatoms. The van der Waals surface area contributed by atoms with Gasteiger partial charge in [-0.3, -0.25) is 4.79 Å². The molecule has 0 saturated carbocycles. The van der Waals surface area contributed by atoms with E-state index in [4.69, 9.17) is 14.2 Å². The Morgan fingerprint density at radius 3 is 1.68 bits per heavy atom. The zero-order valence-corrected chi connectivity index (χ0v) is 32.2. The second-order valence-corrected chi connectivity index (χ2v) is 14.8. The monoisotopic (exact) mass is 716 g/mol. The lowest BCUT2D eigenvalue weighted by atomic mass is 9.99. The minimum absolute atomic E-state index is 0.149. The van der Waals surface area contributed by atoms with E-state index in [-0.39, 0.29) is 13.2 Å². The molecule has 1 saturated heterocycles. The van der Waals surface area contributed by atoms with Gasteiger partial charge in [-0.1, -0.05) is 154 Å². The molecule has 1 aliphatic heterocycles. The molecular weight excluding hydrogens is 638 g/mol. The van der Waals surface area contributed by atoms with Crippen molar-refractivity contribution in [3.8, 4) is 0 Å². The highest BCUT2D eigenvalue weighted by molar-refractivity contribution is 5.80. The van der Waals surface area contributed by atoms with E-state index in [1.165, 1.54) is 89.9 Å². The average molecular weight is 716 g/mol. The molecule has 50 heavy (non-hydrogen) atoms. The van der Waals surface area contributed by atoms with Gasteiger partial charge in [0.25, 0.3) is 0 Å². The topological polar surface area (TPSA) is 158 Å². The van der Waals surface area contributed by atoms with Gasteiger partial charge in [0, 0.05) is 0 Å². The smallest absolute Gasteiger partial charge is 0.249 e. The molecular formula is C40H77NO9. The molecule has 0 spiro atoms. The second kappa shape index (κ2) is 30.4. The molecule has 0 aliphatic carbocycles. The number of carbonyl (C=O) groups excluding carboxylic acids is 1. The zero-order chi connectivity index (χ0) is 37.0. The van der Waals surface area contributed by atoms with Crippen LogP contribution in [-0.4, -0.2) is 100 Å². The Balaban J connectivity index is 2.74. The van der Waals surface area contributed by atoms with E-state index in [0.29, 0.717) is 12.8 Å². The molecule has 1 heterocycles. The van der Waals surface area contributed by atoms with Gasteiger partial charge >= 0.3 is 0 Å². The number of unbranched alkanes of at least 4 members (excludes halogenated alkanes) is 18. The summed E-state index contributed by atoms with van der Waals surface area (Å²) in [7, 11) is 0. The molecule has 1 rings (SSSR count). The van der Waals surface area contributed by atoms with Crippen LogP contribution in [0.25, 0.3) is 0 Å². The van der Waals surface area contributed by atoms with Crippen molar-refractivity contribution in [3.05, 3.63) is 11.6 Å². The lowest BCUT2D eigenvalue weighted by Crippen LogP contribution is -2.61. The maximum Gasteiger partial charge on any atom is 0.249 e. The van der Waals surface area contributed by atoms with Crippen LogP contribution in [0.3, 0.4) is 0 Å². The quantitative estimate of drug-likeness (QED) is 0.0333. The van der Waals surface area contributed by atoms with Crippen LogP contribution < -0.4 is 5.32 Å². The molecule has 0 radical (unpaired) electrons. The highest BCUT2D eigenvalue weighted by Gasteiger charge is 2.46. The SMILES string of the molecule is CCCCCCCCCCCCC[C@H](O)[C@H](CO[C@H]1O[C@H](CO)[C@H](O)[C@H](O)[C@H]1OCC=C(C)C)NC(=O)[C@H](O)CCCCCCCCCCC. The maximum absolute atomic E-state index is 13.1. The van der Waals surface area contributed by atoms with Crippen LogP contribution in [0.1, 0.15) is 169 Å². The van der Waals surface area contributed by atoms with E-state index in [9.17, 15) is 30.3 Å². The Bertz CT molecular complexity index is 840. The predicted molar refractivity (Wildman–Crippen MR) is 200 cm³/mol. The van der Waals surface area contributed by atoms with Crippen LogP contribution in [0.2, 0.25) is 0 Å². The average Bonchev–Trinajstić information content (AvgIpc) is 3.10. The van der Waals surface area contributed by atoms with Crippen molar-refractivity contribution in [1.82, 2.24) is 5.32 Å². The summed E-state index contributed by atoms with van der Waals surface area (Å²) in [6.07, 6.45) is 17.7. The summed E-state index contributed by atoms with van der Waals surface area (Å²) in [5.74, 6) is -0.555. The molecule has 296 valence electrons. The fourth-order valence-electron chi connectivity index (χ4n) is 6.42. The first-order valence-electron chi connectivity index (χ1n) is 20.3. The van der Waals surface area contributed by atoms with Crippen LogP contribution in [0.4, 0.5) is 0 Å². The number of aliphatic hydroxyl groups excluding tert-OH is 5. The number of carbonyl (C=O) groups is 1. The van der Waals surface area contributed by atoms with E-state index in [1.54, 1.807) is 0 Å². The van der Waals surface area contributed by atoms with Gasteiger partial charge in [0.2, 0.25) is 5.91 Å². The molecule has 10 nitrogen and oxygen atoms in total. The van der Waals surface area contributed by atoms with Gasteiger partial charge in [0.15, 0.2) is 6.29 Å². The summed E-state index contributed by atoms with van der Waals surface area (Å²) in [4.78, 5) is 13.1. The van der Waals surface area contributed by atoms with Crippen molar-refractivity contribution in [3.63, 3.8) is 0 Å². The number of hydrogen-bond acceptors (Lipinski definition) is 9. The summed E-state index contributed by atoms with van der Waals surface area (Å²) in [6, 6.07) is -0.845. The van der Waals surface area contributed by atoms with E-state index < -0.39 is 61.5 Å². The zero-order valence-electron chi connectivity index (χ0n) is 32.2. The van der Waals surface area contributed by atoms with E-state index >= 15 is 0 Å². The van der Waals surface area contributed by atoms with Crippen molar-refractivity contribution in [2.45, 2.75) is 218 Å². The largest absolute Gasteiger partial charge is 0.394 e. The third kappa shape index (κ3) is 21.4. The minimum Gasteiger partial charge on any atom is -0.394 e. The predicted octanol–water partition coefficient (Wildman–Crippen LogP) is 6.62. The standard InChI is InChI=1S/C40H77NO9/c1-5-7-9-11-13-15-16-18-19-21-23-25-33(43)32(41-39(47)34(44)26-24-22-20-17-14-12-10-8-6-2)30-49-40-38(48-28-27-31(3)4)37(46)36(45)35(29-42)50-40/h27,32-38,40,42-46H,5-26,28-30H2,1-4H3,(H,41,47)/t32-,33-,34+,35+,36-,37-,38+,40-/m0/s1. The van der Waals surface area contributed by atoms with Crippen LogP contribution in [0.15, 0.2) is 11.6 Å². The molecule has 8 atom stereocenters. The first kappa shape index (κ1) is 46.9. The fourth-order valence-corrected chi connectivity index (χ4v) is 6.42. The van der Waals surface area contributed by atoms with Crippen LogP contribution in [0, 0.1) is 0 Å². The third-order valence-corrected chi connectivity index (χ3v) is 9.82. The van der Waals surface area contributed by atoms with Crippen molar-refractivity contribution in [2.24, 2.45) is 0 Å². The highest BCUT2D eigenvalue weighted by Crippen LogP contribution is 2.25. The summed E-state index contributed by atoms with van der Waals surface area (Å²) in [6.45, 7) is 7.71. The molecule has 0 aromatic heterocycles. The molecule has 0 aromatic carbocycles. The second-order valence-electron chi connectivity index (χ2n) is 14.8. The lowest BCUT2D eigenvalue weighted by molar-refractivity contribution is -0.310. The van der Waals surface area contributed by atoms with E-state index in [1.807, 2.05) is 19.9 Å². The highest BCUT2D eigenvalue weighted by atomic mass is 16.7. The van der Waals surface area contributed by atoms with Gasteiger partial charge in [0.05, 0.1) is 32.0 Å². The number of aliphatic hydroxyl groups is 5. The van der Waals surface area contributed by atoms with Crippen LogP contribution in [-0.2, 0) is 19.0 Å². The Morgan fingerprint density at radius 1 is 0.720 bits per heavy atom. The molecule has 1 amide bonds. The molecule has 0 aromatic rings. The van der Waals surface area contributed by atoms with Gasteiger partial charge in [-0.2, -0.15) is 0 Å². The van der Waals surface area contributed by atoms with Crippen molar-refractivity contribution < 1.29 is 44.5 Å². The Labute approximate surface area is 304 Å². The number of nitrogens with one attached hydrogen (secondary N) is 1. The minimum atomic E-state index is -1.39. The maximum atomic E-state index is 13.1. The van der Waals surface area contributed by atoms with Gasteiger partial charge in [-0.25, -0.2) is 0 Å². The fraction of sp³-hybridized carbons (Fsp3) is 0.925. The number of rotatable bonds is 32. The summed E-state index contributed by atoms with van der Waals surface area (Å²) in [5.41, 5.74) is 1.01. The number of ether oxygens (including phenoxy) is 3. The van der Waals surface area contributed by atoms with Gasteiger partial charge < -0.3 is 45.1 Å². The number of hydrogen-bond donors (Lipinski definition) is 6. The number of amides is 1. The van der Waals surface area contributed by atoms with Crippen LogP contribution >= 0.6 is 0 Å². The van der Waals surface area contributed by atoms with E-state index in [0.717, 1.165) is 44.1 Å². The van der Waals surface area contributed by atoms with Gasteiger partial charge in [-0.15, -0.1) is 0 Å². The Kier molecular flexibility index (Phi) is 28.5. The molecule has 1 aliphatic rings. The lowest BCUT2D eigenvalue weighted by Gasteiger charge is -2.42. The Morgan fingerprint density at radius 2 is 1.20 bits per heavy atom. The van der Waals surface area contributed by atoms with Crippen molar-refractivity contribution in [1.29, 1.82) is 0 Å². The molecule has 0 unspecified atom stereocenters. The first-order chi connectivity index (χ1) is 24.2. The normalized spacial score (nSPS) is 22.6. The molecule has 6 N–H and O–H groups in total. The molecule has 1 fully saturated rings. The van der Waals surface area contributed by atoms with E-state index in [2.05, 4.69) is 19.2 Å². The van der Waals surface area contributed by atoms with Crippen LogP contribution in [0.5, 0.6) is 0 Å².